The van der Waals surface area contributed by atoms with Gasteiger partial charge in [0.05, 0.1) is 18.4 Å². The van der Waals surface area contributed by atoms with Crippen LogP contribution < -0.4 is 15.4 Å². The zero-order chi connectivity index (χ0) is 24.2. The van der Waals surface area contributed by atoms with E-state index in [9.17, 15) is 18.4 Å². The Morgan fingerprint density at radius 3 is 2.35 bits per heavy atom. The topological polar surface area (TPSA) is 67.4 Å². The molecule has 3 aromatic rings. The second-order valence-corrected chi connectivity index (χ2v) is 9.24. The van der Waals surface area contributed by atoms with E-state index >= 15 is 0 Å². The van der Waals surface area contributed by atoms with E-state index in [0.717, 1.165) is 34.5 Å². The second kappa shape index (κ2) is 10.4. The predicted octanol–water partition coefficient (Wildman–Crippen LogP) is 5.31. The summed E-state index contributed by atoms with van der Waals surface area (Å²) in [5.41, 5.74) is 3.30. The molecule has 1 saturated heterocycles. The van der Waals surface area contributed by atoms with Gasteiger partial charge in [0.25, 0.3) is 5.24 Å². The fourth-order valence-corrected chi connectivity index (χ4v) is 4.87. The standard InChI is InChI=1S/C26H24F2N2O3S/c1-15(17-8-10-20(27)21(28)13-17)29-24(16-6-4-3-5-7-16)18-9-11-22(33-2)19(12-18)14-23-25(31)30-26(32)34-23/h3-13,15,23-24,29H,14H2,1-2H3,(H,30,31,32). The fourth-order valence-electron chi connectivity index (χ4n) is 4.02. The normalized spacial score (nSPS) is 17.4. The van der Waals surface area contributed by atoms with Crippen molar-refractivity contribution in [3.63, 3.8) is 0 Å². The number of benzene rings is 3. The third-order valence-corrected chi connectivity index (χ3v) is 6.78. The Bertz CT molecular complexity index is 1210. The first-order valence-corrected chi connectivity index (χ1v) is 11.7. The molecule has 0 aromatic heterocycles. The van der Waals surface area contributed by atoms with Gasteiger partial charge in [0.15, 0.2) is 11.6 Å². The monoisotopic (exact) mass is 482 g/mol. The van der Waals surface area contributed by atoms with Gasteiger partial charge in [0.2, 0.25) is 5.91 Å². The average molecular weight is 483 g/mol. The van der Waals surface area contributed by atoms with Crippen LogP contribution in [0.5, 0.6) is 5.75 Å². The Balaban J connectivity index is 1.68. The summed E-state index contributed by atoms with van der Waals surface area (Å²) >= 11 is 0.972. The summed E-state index contributed by atoms with van der Waals surface area (Å²) in [4.78, 5) is 23.7. The Morgan fingerprint density at radius 1 is 0.971 bits per heavy atom. The number of ether oxygens (including phenoxy) is 1. The molecule has 0 aliphatic carbocycles. The van der Waals surface area contributed by atoms with Crippen LogP contribution in [0.4, 0.5) is 13.6 Å². The van der Waals surface area contributed by atoms with Crippen LogP contribution in [-0.2, 0) is 11.2 Å². The third-order valence-electron chi connectivity index (χ3n) is 5.80. The number of methoxy groups -OCH3 is 1. The zero-order valence-electron chi connectivity index (χ0n) is 18.7. The van der Waals surface area contributed by atoms with E-state index in [4.69, 9.17) is 4.74 Å². The molecule has 1 fully saturated rings. The number of amides is 2. The molecule has 8 heteroatoms. The van der Waals surface area contributed by atoms with Crippen molar-refractivity contribution in [2.45, 2.75) is 30.7 Å². The lowest BCUT2D eigenvalue weighted by atomic mass is 9.94. The molecule has 3 aromatic carbocycles. The van der Waals surface area contributed by atoms with Crippen molar-refractivity contribution in [3.05, 3.63) is 101 Å². The minimum Gasteiger partial charge on any atom is -0.496 e. The number of carbonyl (C=O) groups excluding carboxylic acids is 2. The SMILES string of the molecule is COc1ccc(C(NC(C)c2ccc(F)c(F)c2)c2ccccc2)cc1CC1SC(=O)NC1=O. The van der Waals surface area contributed by atoms with Crippen molar-refractivity contribution in [1.82, 2.24) is 10.6 Å². The van der Waals surface area contributed by atoms with E-state index in [1.807, 2.05) is 55.5 Å². The number of thioether (sulfide) groups is 1. The summed E-state index contributed by atoms with van der Waals surface area (Å²) in [5.74, 6) is -1.47. The first kappa shape index (κ1) is 23.9. The van der Waals surface area contributed by atoms with Crippen molar-refractivity contribution >= 4 is 22.9 Å². The van der Waals surface area contributed by atoms with Gasteiger partial charge in [-0.3, -0.25) is 20.2 Å². The van der Waals surface area contributed by atoms with E-state index < -0.39 is 16.9 Å². The zero-order valence-corrected chi connectivity index (χ0v) is 19.5. The van der Waals surface area contributed by atoms with Gasteiger partial charge in [0.1, 0.15) is 5.75 Å². The molecule has 5 nitrogen and oxygen atoms in total. The highest BCUT2D eigenvalue weighted by atomic mass is 32.2. The molecular weight excluding hydrogens is 458 g/mol. The fraction of sp³-hybridized carbons (Fsp3) is 0.231. The summed E-state index contributed by atoms with van der Waals surface area (Å²) in [6.45, 7) is 1.89. The van der Waals surface area contributed by atoms with Crippen LogP contribution in [0, 0.1) is 11.6 Å². The molecule has 1 aliphatic heterocycles. The first-order chi connectivity index (χ1) is 16.4. The molecule has 1 aliphatic rings. The highest BCUT2D eigenvalue weighted by molar-refractivity contribution is 8.15. The number of carbonyl (C=O) groups is 2. The first-order valence-electron chi connectivity index (χ1n) is 10.8. The molecule has 4 rings (SSSR count). The smallest absolute Gasteiger partial charge is 0.286 e. The van der Waals surface area contributed by atoms with Crippen LogP contribution in [0.15, 0.2) is 66.7 Å². The molecule has 2 N–H and O–H groups in total. The molecule has 1 heterocycles. The quantitative estimate of drug-likeness (QED) is 0.456. The Kier molecular flexibility index (Phi) is 7.29. The van der Waals surface area contributed by atoms with Crippen LogP contribution >= 0.6 is 11.8 Å². The van der Waals surface area contributed by atoms with Crippen LogP contribution in [0.3, 0.4) is 0 Å². The van der Waals surface area contributed by atoms with E-state index in [1.165, 1.54) is 6.07 Å². The van der Waals surface area contributed by atoms with Crippen LogP contribution in [0.2, 0.25) is 0 Å². The molecule has 0 bridgehead atoms. The number of nitrogens with one attached hydrogen (secondary N) is 2. The minimum absolute atomic E-state index is 0.277. The van der Waals surface area contributed by atoms with Gasteiger partial charge in [-0.25, -0.2) is 8.78 Å². The van der Waals surface area contributed by atoms with Crippen LogP contribution in [-0.4, -0.2) is 23.5 Å². The molecule has 0 saturated carbocycles. The van der Waals surface area contributed by atoms with E-state index in [0.29, 0.717) is 17.7 Å². The second-order valence-electron chi connectivity index (χ2n) is 8.06. The molecule has 3 unspecified atom stereocenters. The molecule has 2 amide bonds. The Morgan fingerprint density at radius 2 is 1.71 bits per heavy atom. The van der Waals surface area contributed by atoms with Gasteiger partial charge in [-0.15, -0.1) is 0 Å². The summed E-state index contributed by atoms with van der Waals surface area (Å²) < 4.78 is 32.8. The van der Waals surface area contributed by atoms with E-state index in [-0.39, 0.29) is 23.2 Å². The lowest BCUT2D eigenvalue weighted by Crippen LogP contribution is -2.27. The number of hydrogen-bond acceptors (Lipinski definition) is 5. The van der Waals surface area contributed by atoms with Gasteiger partial charge in [-0.1, -0.05) is 60.3 Å². The van der Waals surface area contributed by atoms with Gasteiger partial charge in [0, 0.05) is 6.04 Å². The Hall–Kier alpha value is -3.23. The lowest BCUT2D eigenvalue weighted by molar-refractivity contribution is -0.118. The highest BCUT2D eigenvalue weighted by Crippen LogP contribution is 2.33. The van der Waals surface area contributed by atoms with Crippen molar-refractivity contribution in [2.24, 2.45) is 0 Å². The predicted molar refractivity (Wildman–Crippen MR) is 128 cm³/mol. The van der Waals surface area contributed by atoms with Gasteiger partial charge >= 0.3 is 0 Å². The summed E-state index contributed by atoms with van der Waals surface area (Å²) in [7, 11) is 1.56. The highest BCUT2D eigenvalue weighted by Gasteiger charge is 2.32. The number of rotatable bonds is 8. The summed E-state index contributed by atoms with van der Waals surface area (Å²) in [5, 5.41) is 4.95. The molecule has 0 spiro atoms. The number of hydrogen-bond donors (Lipinski definition) is 2. The molecule has 0 radical (unpaired) electrons. The van der Waals surface area contributed by atoms with Crippen LogP contribution in [0.1, 0.15) is 41.3 Å². The summed E-state index contributed by atoms with van der Waals surface area (Å²) in [6, 6.07) is 18.8. The number of halogens is 2. The van der Waals surface area contributed by atoms with Crippen LogP contribution in [0.25, 0.3) is 0 Å². The van der Waals surface area contributed by atoms with Crippen molar-refractivity contribution in [3.8, 4) is 5.75 Å². The molecule has 3 atom stereocenters. The maximum Gasteiger partial charge on any atom is 0.286 e. The summed E-state index contributed by atoms with van der Waals surface area (Å²) in [6.07, 6.45) is 0.333. The lowest BCUT2D eigenvalue weighted by Gasteiger charge is -2.26. The molecule has 176 valence electrons. The minimum atomic E-state index is -0.893. The maximum atomic E-state index is 13.8. The molecular formula is C26H24F2N2O3S. The van der Waals surface area contributed by atoms with Crippen molar-refractivity contribution in [2.75, 3.05) is 7.11 Å². The van der Waals surface area contributed by atoms with Crippen molar-refractivity contribution in [1.29, 1.82) is 0 Å². The van der Waals surface area contributed by atoms with Crippen molar-refractivity contribution < 1.29 is 23.1 Å². The van der Waals surface area contributed by atoms with E-state index in [2.05, 4.69) is 10.6 Å². The van der Waals surface area contributed by atoms with Gasteiger partial charge < -0.3 is 4.74 Å². The molecule has 34 heavy (non-hydrogen) atoms. The van der Waals surface area contributed by atoms with E-state index in [1.54, 1.807) is 13.2 Å². The average Bonchev–Trinajstić information content (AvgIpc) is 3.15. The van der Waals surface area contributed by atoms with Gasteiger partial charge in [-0.2, -0.15) is 0 Å². The third kappa shape index (κ3) is 5.29. The Labute approximate surface area is 200 Å². The maximum absolute atomic E-state index is 13.8. The largest absolute Gasteiger partial charge is 0.496 e. The van der Waals surface area contributed by atoms with Gasteiger partial charge in [-0.05, 0) is 53.8 Å². The number of imide groups is 1.